The predicted octanol–water partition coefficient (Wildman–Crippen LogP) is 8.59. The van der Waals surface area contributed by atoms with Crippen LogP contribution in [0, 0.1) is 31.3 Å². The van der Waals surface area contributed by atoms with Gasteiger partial charge in [-0.25, -0.2) is 4.98 Å². The average molecular weight is 698 g/mol. The van der Waals surface area contributed by atoms with Crippen molar-refractivity contribution in [2.75, 3.05) is 0 Å². The molecule has 6 rings (SSSR count). The molecule has 199 valence electrons. The molecule has 0 saturated carbocycles. The van der Waals surface area contributed by atoms with E-state index in [9.17, 15) is 0 Å². The van der Waals surface area contributed by atoms with Crippen molar-refractivity contribution in [1.82, 2.24) is 15.0 Å². The van der Waals surface area contributed by atoms with Crippen LogP contribution in [0.4, 0.5) is 0 Å². The Morgan fingerprint density at radius 2 is 1.79 bits per heavy atom. The molecule has 0 amide bonds. The molecule has 0 atom stereocenters. The standard InChI is InChI=1S/C22H21N2O.C12H10N.Ir/c1-14-8-9-17-16-6-5-7-18(20(16)25-21(17)24-14)19-12-15(10-11-23-19)13-22(2,3)4;1-10-7-8-12(13-9-10)11-5-3-2-4-6-11;/h5-6,8-12H,13H2,1-4H3;2-5,7-9H,1H3;/q2*-1;/i1D3,13D2;1D3;. The zero-order valence-electron chi connectivity index (χ0n) is 29.7. The van der Waals surface area contributed by atoms with Gasteiger partial charge < -0.3 is 14.4 Å². The van der Waals surface area contributed by atoms with Gasteiger partial charge in [-0.3, -0.25) is 0 Å². The molecule has 0 unspecified atom stereocenters. The number of hydrogen-bond donors (Lipinski definition) is 0. The van der Waals surface area contributed by atoms with Crippen LogP contribution in [0.2, 0.25) is 0 Å². The number of fused-ring (bicyclic) bond motifs is 3. The molecule has 39 heavy (non-hydrogen) atoms. The summed E-state index contributed by atoms with van der Waals surface area (Å²) in [5.74, 6) is 0. The van der Waals surface area contributed by atoms with E-state index in [4.69, 9.17) is 15.4 Å². The second-order valence-electron chi connectivity index (χ2n) is 9.76. The van der Waals surface area contributed by atoms with Gasteiger partial charge in [-0.15, -0.1) is 54.1 Å². The molecule has 0 spiro atoms. The van der Waals surface area contributed by atoms with E-state index < -0.39 is 25.5 Å². The van der Waals surface area contributed by atoms with Crippen LogP contribution in [-0.2, 0) is 26.5 Å². The Morgan fingerprint density at radius 3 is 2.51 bits per heavy atom. The Labute approximate surface area is 255 Å². The number of furan rings is 1. The van der Waals surface area contributed by atoms with Gasteiger partial charge in [-0.05, 0) is 60.6 Å². The zero-order valence-corrected chi connectivity index (χ0v) is 24.1. The minimum absolute atomic E-state index is 0. The van der Waals surface area contributed by atoms with Crippen molar-refractivity contribution in [1.29, 1.82) is 0 Å². The summed E-state index contributed by atoms with van der Waals surface area (Å²) < 4.78 is 67.5. The number of rotatable bonds is 3. The van der Waals surface area contributed by atoms with Crippen LogP contribution in [0.25, 0.3) is 44.6 Å². The zero-order chi connectivity index (χ0) is 33.5. The van der Waals surface area contributed by atoms with E-state index in [1.807, 2.05) is 45.0 Å². The van der Waals surface area contributed by atoms with Crippen molar-refractivity contribution in [3.05, 3.63) is 114 Å². The third-order valence-corrected chi connectivity index (χ3v) is 5.58. The maximum Gasteiger partial charge on any atom is 0.216 e. The molecule has 0 aliphatic carbocycles. The summed E-state index contributed by atoms with van der Waals surface area (Å²) in [6, 6.07) is 27.1. The molecule has 0 fully saturated rings. The minimum Gasteiger partial charge on any atom is -0.486 e. The summed E-state index contributed by atoms with van der Waals surface area (Å²) >= 11 is 0. The van der Waals surface area contributed by atoms with Crippen molar-refractivity contribution in [3.63, 3.8) is 0 Å². The second kappa shape index (κ2) is 12.0. The van der Waals surface area contributed by atoms with Crippen LogP contribution >= 0.6 is 0 Å². The van der Waals surface area contributed by atoms with Crippen molar-refractivity contribution in [2.24, 2.45) is 5.41 Å². The maximum atomic E-state index is 8.55. The number of nitrogens with zero attached hydrogens (tertiary/aromatic N) is 3. The number of aryl methyl sites for hydroxylation is 2. The molecule has 0 aliphatic rings. The second-order valence-corrected chi connectivity index (χ2v) is 9.76. The Kier molecular flexibility index (Phi) is 5.98. The molecule has 0 bridgehead atoms. The summed E-state index contributed by atoms with van der Waals surface area (Å²) in [5.41, 5.74) is 3.57. The Bertz CT molecular complexity index is 1980. The van der Waals surface area contributed by atoms with Crippen LogP contribution in [0.3, 0.4) is 0 Å². The van der Waals surface area contributed by atoms with E-state index in [1.165, 1.54) is 12.3 Å². The topological polar surface area (TPSA) is 51.8 Å². The average Bonchev–Trinajstić information content (AvgIpc) is 3.39. The fraction of sp³-hybridized carbons (Fsp3) is 0.206. The van der Waals surface area contributed by atoms with Crippen molar-refractivity contribution in [3.8, 4) is 22.5 Å². The van der Waals surface area contributed by atoms with E-state index in [2.05, 4.69) is 27.1 Å². The smallest absolute Gasteiger partial charge is 0.216 e. The first-order valence-corrected chi connectivity index (χ1v) is 12.1. The molecular weight excluding hydrogens is 659 g/mol. The number of aromatic nitrogens is 3. The molecule has 2 aromatic carbocycles. The van der Waals surface area contributed by atoms with Crippen LogP contribution in [0.5, 0.6) is 0 Å². The van der Waals surface area contributed by atoms with Gasteiger partial charge in [0.05, 0.1) is 5.58 Å². The fourth-order valence-electron chi connectivity index (χ4n) is 4.00. The first kappa shape index (κ1) is 19.4. The van der Waals surface area contributed by atoms with Gasteiger partial charge >= 0.3 is 0 Å². The Hall–Kier alpha value is -3.66. The largest absolute Gasteiger partial charge is 0.486 e. The Morgan fingerprint density at radius 1 is 0.897 bits per heavy atom. The third-order valence-electron chi connectivity index (χ3n) is 5.58. The molecule has 0 aliphatic heterocycles. The molecule has 4 nitrogen and oxygen atoms in total. The summed E-state index contributed by atoms with van der Waals surface area (Å²) in [4.78, 5) is 12.7. The van der Waals surface area contributed by atoms with Crippen LogP contribution < -0.4 is 0 Å². The van der Waals surface area contributed by atoms with Gasteiger partial charge in [0.2, 0.25) is 5.71 Å². The summed E-state index contributed by atoms with van der Waals surface area (Å²) in [6.45, 7) is 1.15. The first-order chi connectivity index (χ1) is 21.5. The van der Waals surface area contributed by atoms with E-state index in [1.54, 1.807) is 48.7 Å². The Balaban J connectivity index is 0.000000249. The fourth-order valence-corrected chi connectivity index (χ4v) is 4.00. The number of pyridine rings is 3. The molecule has 0 saturated heterocycles. The quantitative estimate of drug-likeness (QED) is 0.174. The molecule has 6 aromatic rings. The molecule has 4 heterocycles. The van der Waals surface area contributed by atoms with Crippen LogP contribution in [0.15, 0.2) is 89.6 Å². The van der Waals surface area contributed by atoms with E-state index in [-0.39, 0.29) is 37.1 Å². The number of benzene rings is 2. The monoisotopic (exact) mass is 698 g/mol. The summed E-state index contributed by atoms with van der Waals surface area (Å²) in [7, 11) is 0. The first-order valence-electron chi connectivity index (χ1n) is 16.1. The normalized spacial score (nSPS) is 15.2. The summed E-state index contributed by atoms with van der Waals surface area (Å²) in [6.07, 6.45) is 1.40. The van der Waals surface area contributed by atoms with Crippen LogP contribution in [-0.4, -0.2) is 15.0 Å². The molecular formula is C34H31IrN3O-2. The van der Waals surface area contributed by atoms with Gasteiger partial charge in [-0.2, -0.15) is 0 Å². The van der Waals surface area contributed by atoms with Gasteiger partial charge in [0, 0.05) is 54.5 Å². The molecule has 4 aromatic heterocycles. The van der Waals surface area contributed by atoms with Gasteiger partial charge in [0.25, 0.3) is 0 Å². The van der Waals surface area contributed by atoms with Crippen molar-refractivity contribution >= 4 is 22.1 Å². The predicted molar refractivity (Wildman–Crippen MR) is 155 cm³/mol. The van der Waals surface area contributed by atoms with Gasteiger partial charge in [0.1, 0.15) is 0 Å². The molecule has 0 N–H and O–H groups in total. The third kappa shape index (κ3) is 6.86. The van der Waals surface area contributed by atoms with Gasteiger partial charge in [0.15, 0.2) is 0 Å². The number of hydrogen-bond acceptors (Lipinski definition) is 4. The van der Waals surface area contributed by atoms with Crippen LogP contribution in [0.1, 0.15) is 48.6 Å². The van der Waals surface area contributed by atoms with E-state index in [0.717, 1.165) is 16.6 Å². The molecule has 1 radical (unpaired) electrons. The van der Waals surface area contributed by atoms with E-state index >= 15 is 0 Å². The van der Waals surface area contributed by atoms with Gasteiger partial charge in [-0.1, -0.05) is 55.5 Å². The maximum absolute atomic E-state index is 8.55. The van der Waals surface area contributed by atoms with Crippen molar-refractivity contribution in [2.45, 2.75) is 40.8 Å². The van der Waals surface area contributed by atoms with E-state index in [0.29, 0.717) is 27.8 Å². The van der Waals surface area contributed by atoms with Crippen molar-refractivity contribution < 1.29 is 35.5 Å². The minimum atomic E-state index is -2.32. The molecule has 5 heteroatoms. The summed E-state index contributed by atoms with van der Waals surface area (Å²) in [5, 5.41) is 1.48. The SMILES string of the molecule is [2H]C([2H])([2H])c1ccc(-c2[c-]cccc2)nc1.[2H]C([2H])([2H])c1ccc2c(n1)oc1c(-c3cc(C([2H])([2H])C(C)(C)C)ccn3)[c-]ccc12.[Ir].